The predicted octanol–water partition coefficient (Wildman–Crippen LogP) is 6.55. The third kappa shape index (κ3) is 10.5. The number of nitrogens with one attached hydrogen (secondary N) is 2. The molecule has 2 amide bonds. The fourth-order valence-electron chi connectivity index (χ4n) is 7.60. The Balaban J connectivity index is 0.950. The number of para-hydroxylation sites is 1. The minimum absolute atomic E-state index is 0.106. The molecule has 15 nitrogen and oxygen atoms in total. The Kier molecular flexibility index (Phi) is 13.4. The number of nitrogens with zero attached hydrogens (tertiary/aromatic N) is 5. The molecule has 7 aromatic rings. The quantitative estimate of drug-likeness (QED) is 0.102. The van der Waals surface area contributed by atoms with Crippen LogP contribution in [0.15, 0.2) is 119 Å². The average molecular weight is 852 g/mol. The van der Waals surface area contributed by atoms with Gasteiger partial charge in [0.05, 0.1) is 62.0 Å². The number of pyridine rings is 1. The molecular weight excluding hydrogens is 803 g/mol. The van der Waals surface area contributed by atoms with Crippen LogP contribution in [0, 0.1) is 0 Å². The monoisotopic (exact) mass is 851 g/mol. The number of ether oxygens (including phenoxy) is 4. The molecule has 4 aromatic carbocycles. The van der Waals surface area contributed by atoms with Crippen LogP contribution >= 0.6 is 0 Å². The lowest BCUT2D eigenvalue weighted by atomic mass is 10.1. The summed E-state index contributed by atoms with van der Waals surface area (Å²) in [6.07, 6.45) is 6.28. The van der Waals surface area contributed by atoms with Crippen LogP contribution in [-0.2, 0) is 31.3 Å². The van der Waals surface area contributed by atoms with Gasteiger partial charge in [-0.25, -0.2) is 0 Å². The third-order valence-corrected chi connectivity index (χ3v) is 11.0. The Hall–Kier alpha value is -7.07. The second-order valence-electron chi connectivity index (χ2n) is 15.3. The van der Waals surface area contributed by atoms with Gasteiger partial charge < -0.3 is 34.0 Å². The average Bonchev–Trinajstić information content (AvgIpc) is 3.68. The molecular formula is C48H49N7O8. The zero-order chi connectivity index (χ0) is 43.7. The lowest BCUT2D eigenvalue weighted by Gasteiger charge is -2.26. The van der Waals surface area contributed by atoms with Crippen LogP contribution in [0.2, 0.25) is 0 Å². The first-order valence-corrected chi connectivity index (χ1v) is 20.7. The number of hydrogen-bond acceptors (Lipinski definition) is 12. The summed E-state index contributed by atoms with van der Waals surface area (Å²) in [5.41, 5.74) is 5.06. The topological polar surface area (TPSA) is 163 Å². The lowest BCUT2D eigenvalue weighted by molar-refractivity contribution is 0.0322. The molecule has 1 aliphatic rings. The summed E-state index contributed by atoms with van der Waals surface area (Å²) in [7, 11) is 4.85. The fraction of sp³-hybridized carbons (Fsp3) is 0.271. The van der Waals surface area contributed by atoms with Crippen LogP contribution in [0.3, 0.4) is 0 Å². The SMILES string of the molecule is COc1cc(NC(=O)c2cc(=O)c3ccccc3o2)c(C(=O)Nc2ccc(CCN(Cc3cncc(OCCN4CCOCC4)c3)Cc3ccc4c(cnn4C)c3)cc2)cc1OC. The van der Waals surface area contributed by atoms with E-state index in [4.69, 9.17) is 23.4 Å². The third-order valence-electron chi connectivity index (χ3n) is 11.0. The molecule has 0 atom stereocenters. The van der Waals surface area contributed by atoms with Crippen molar-refractivity contribution < 1.29 is 33.0 Å². The van der Waals surface area contributed by atoms with Crippen molar-refractivity contribution in [1.82, 2.24) is 24.6 Å². The highest BCUT2D eigenvalue weighted by Gasteiger charge is 2.22. The Bertz CT molecular complexity index is 2780. The number of amides is 2. The molecule has 0 saturated carbocycles. The molecule has 0 unspecified atom stereocenters. The van der Waals surface area contributed by atoms with Gasteiger partial charge in [-0.2, -0.15) is 5.10 Å². The molecule has 1 fully saturated rings. The zero-order valence-corrected chi connectivity index (χ0v) is 35.5. The number of rotatable bonds is 17. The van der Waals surface area contributed by atoms with Crippen molar-refractivity contribution in [3.05, 3.63) is 148 Å². The van der Waals surface area contributed by atoms with E-state index in [9.17, 15) is 14.4 Å². The van der Waals surface area contributed by atoms with Gasteiger partial charge in [-0.3, -0.25) is 33.8 Å². The van der Waals surface area contributed by atoms with Gasteiger partial charge in [-0.1, -0.05) is 30.3 Å². The smallest absolute Gasteiger partial charge is 0.291 e. The number of fused-ring (bicyclic) bond motifs is 2. The van der Waals surface area contributed by atoms with Crippen molar-refractivity contribution in [3.8, 4) is 17.2 Å². The normalized spacial score (nSPS) is 13.0. The van der Waals surface area contributed by atoms with Crippen molar-refractivity contribution >= 4 is 45.1 Å². The van der Waals surface area contributed by atoms with Crippen molar-refractivity contribution in [2.24, 2.45) is 7.05 Å². The number of benzene rings is 4. The standard InChI is InChI=1S/C48H49N7O8/c1-53-41-13-10-33(22-35(41)28-50-53)30-55(31-34-23-37(29-49-27-34)62-21-18-54-16-19-61-20-17-54)15-14-32-8-11-36(12-9-32)51-47(57)39-24-44(59-2)45(60-3)25-40(39)52-48(58)46-26-42(56)38-6-4-5-7-43(38)63-46/h4-13,22-29H,14-21,30-31H2,1-3H3,(H,51,57)(H,52,58). The maximum atomic E-state index is 13.9. The Labute approximate surface area is 364 Å². The highest BCUT2D eigenvalue weighted by Crippen LogP contribution is 2.34. The summed E-state index contributed by atoms with van der Waals surface area (Å²) in [6, 6.07) is 26.9. The summed E-state index contributed by atoms with van der Waals surface area (Å²) < 4.78 is 30.2. The maximum absolute atomic E-state index is 13.9. The maximum Gasteiger partial charge on any atom is 0.291 e. The number of methoxy groups -OCH3 is 2. The molecule has 15 heteroatoms. The number of hydrogen-bond donors (Lipinski definition) is 2. The molecule has 8 rings (SSSR count). The predicted molar refractivity (Wildman–Crippen MR) is 240 cm³/mol. The van der Waals surface area contributed by atoms with Gasteiger partial charge in [0.25, 0.3) is 11.8 Å². The lowest BCUT2D eigenvalue weighted by Crippen LogP contribution is -2.38. The second kappa shape index (κ2) is 19.8. The van der Waals surface area contributed by atoms with Crippen LogP contribution in [0.1, 0.15) is 37.6 Å². The van der Waals surface area contributed by atoms with E-state index in [1.165, 1.54) is 31.9 Å². The molecule has 324 valence electrons. The second-order valence-corrected chi connectivity index (χ2v) is 15.3. The number of aryl methyl sites for hydroxylation is 1. The molecule has 2 N–H and O–H groups in total. The van der Waals surface area contributed by atoms with Crippen LogP contribution in [0.25, 0.3) is 21.9 Å². The van der Waals surface area contributed by atoms with Crippen LogP contribution in [0.4, 0.5) is 11.4 Å². The Morgan fingerprint density at radius 2 is 1.57 bits per heavy atom. The van der Waals surface area contributed by atoms with Crippen molar-refractivity contribution in [1.29, 1.82) is 0 Å². The zero-order valence-electron chi connectivity index (χ0n) is 35.5. The summed E-state index contributed by atoms with van der Waals surface area (Å²) in [5, 5.41) is 11.5. The van der Waals surface area contributed by atoms with E-state index < -0.39 is 11.8 Å². The molecule has 1 saturated heterocycles. The van der Waals surface area contributed by atoms with E-state index in [1.54, 1.807) is 30.5 Å². The largest absolute Gasteiger partial charge is 0.493 e. The summed E-state index contributed by atoms with van der Waals surface area (Å²) in [5.74, 6) is -0.105. The van der Waals surface area contributed by atoms with Gasteiger partial charge in [0.2, 0.25) is 0 Å². The first-order valence-electron chi connectivity index (χ1n) is 20.7. The molecule has 0 aliphatic carbocycles. The number of carbonyl (C=O) groups is 2. The van der Waals surface area contributed by atoms with E-state index in [0.29, 0.717) is 30.8 Å². The van der Waals surface area contributed by atoms with Crippen LogP contribution < -0.4 is 30.3 Å². The van der Waals surface area contributed by atoms with Gasteiger partial charge in [0.15, 0.2) is 22.7 Å². The van der Waals surface area contributed by atoms with Crippen LogP contribution in [0.5, 0.6) is 17.2 Å². The van der Waals surface area contributed by atoms with Crippen molar-refractivity contribution in [3.63, 3.8) is 0 Å². The first kappa shape index (κ1) is 42.6. The first-order chi connectivity index (χ1) is 30.7. The number of anilines is 2. The summed E-state index contributed by atoms with van der Waals surface area (Å²) in [6.45, 7) is 6.85. The van der Waals surface area contributed by atoms with E-state index in [1.807, 2.05) is 48.4 Å². The minimum atomic E-state index is -0.716. The number of aromatic nitrogens is 3. The van der Waals surface area contributed by atoms with E-state index in [0.717, 1.165) is 79.7 Å². The van der Waals surface area contributed by atoms with Gasteiger partial charge in [-0.15, -0.1) is 0 Å². The summed E-state index contributed by atoms with van der Waals surface area (Å²) in [4.78, 5) is 49.3. The summed E-state index contributed by atoms with van der Waals surface area (Å²) >= 11 is 0. The van der Waals surface area contributed by atoms with Gasteiger partial charge in [-0.05, 0) is 71.6 Å². The Morgan fingerprint density at radius 1 is 0.810 bits per heavy atom. The molecule has 63 heavy (non-hydrogen) atoms. The molecule has 0 bridgehead atoms. The molecule has 3 aromatic heterocycles. The minimum Gasteiger partial charge on any atom is -0.493 e. The molecule has 4 heterocycles. The number of morpholine rings is 1. The highest BCUT2D eigenvalue weighted by atomic mass is 16.5. The van der Waals surface area contributed by atoms with E-state index in [-0.39, 0.29) is 39.5 Å². The fourth-order valence-corrected chi connectivity index (χ4v) is 7.60. The van der Waals surface area contributed by atoms with Crippen LogP contribution in [-0.4, -0.2) is 96.6 Å². The molecule has 1 aliphatic heterocycles. The van der Waals surface area contributed by atoms with Gasteiger partial charge >= 0.3 is 0 Å². The highest BCUT2D eigenvalue weighted by molar-refractivity contribution is 6.12. The molecule has 0 radical (unpaired) electrons. The number of carbonyl (C=O) groups excluding carboxylic acids is 2. The van der Waals surface area contributed by atoms with Gasteiger partial charge in [0.1, 0.15) is 17.9 Å². The molecule has 0 spiro atoms. The van der Waals surface area contributed by atoms with Crippen molar-refractivity contribution in [2.75, 3.05) is 70.9 Å². The Morgan fingerprint density at radius 3 is 2.38 bits per heavy atom. The van der Waals surface area contributed by atoms with E-state index in [2.05, 4.69) is 54.8 Å². The van der Waals surface area contributed by atoms with Gasteiger partial charge in [0, 0.05) is 75.7 Å². The van der Waals surface area contributed by atoms with Crippen molar-refractivity contribution in [2.45, 2.75) is 19.5 Å². The van der Waals surface area contributed by atoms with E-state index >= 15 is 0 Å².